The van der Waals surface area contributed by atoms with E-state index < -0.39 is 5.97 Å². The van der Waals surface area contributed by atoms with Crippen LogP contribution in [0.2, 0.25) is 0 Å². The van der Waals surface area contributed by atoms with Gasteiger partial charge < -0.3 is 10.8 Å². The Morgan fingerprint density at radius 2 is 1.47 bits per heavy atom. The Bertz CT molecular complexity index is 253. The number of rotatable bonds is 3. The van der Waals surface area contributed by atoms with Crippen molar-refractivity contribution >= 4 is 5.97 Å². The molecule has 3 nitrogen and oxygen atoms in total. The van der Waals surface area contributed by atoms with Gasteiger partial charge in [-0.1, -0.05) is 19.3 Å². The van der Waals surface area contributed by atoms with Gasteiger partial charge in [0, 0.05) is 6.04 Å². The van der Waals surface area contributed by atoms with Gasteiger partial charge in [0.15, 0.2) is 0 Å². The summed E-state index contributed by atoms with van der Waals surface area (Å²) in [6, 6.07) is 0.324. The fraction of sp³-hybridized carbons (Fsp3) is 0.929. The van der Waals surface area contributed by atoms with Gasteiger partial charge in [-0.15, -0.1) is 0 Å². The molecule has 0 saturated heterocycles. The second-order valence-corrected chi connectivity index (χ2v) is 5.93. The molecule has 3 heteroatoms. The number of aliphatic carboxylic acids is 1. The Hall–Kier alpha value is -0.570. The highest BCUT2D eigenvalue weighted by Gasteiger charge is 2.32. The maximum Gasteiger partial charge on any atom is 0.306 e. The van der Waals surface area contributed by atoms with E-state index in [9.17, 15) is 4.79 Å². The van der Waals surface area contributed by atoms with Crippen molar-refractivity contribution in [1.29, 1.82) is 0 Å². The third kappa shape index (κ3) is 3.21. The molecule has 0 aromatic rings. The number of hydrogen-bond donors (Lipinski definition) is 2. The zero-order valence-electron chi connectivity index (χ0n) is 10.6. The molecule has 2 fully saturated rings. The molecule has 1 unspecified atom stereocenters. The molecule has 0 spiro atoms. The molecule has 0 aromatic carbocycles. The van der Waals surface area contributed by atoms with E-state index in [1.54, 1.807) is 0 Å². The van der Waals surface area contributed by atoms with Crippen molar-refractivity contribution in [1.82, 2.24) is 0 Å². The Morgan fingerprint density at radius 1 is 0.941 bits per heavy atom. The largest absolute Gasteiger partial charge is 0.481 e. The highest BCUT2D eigenvalue weighted by molar-refractivity contribution is 5.69. The number of carboxylic acids is 1. The minimum absolute atomic E-state index is 0.107. The normalized spacial score (nSPS) is 33.2. The van der Waals surface area contributed by atoms with Gasteiger partial charge >= 0.3 is 5.97 Å². The fourth-order valence-electron chi connectivity index (χ4n) is 3.66. The molecule has 0 radical (unpaired) electrons. The first-order valence-electron chi connectivity index (χ1n) is 7.17. The van der Waals surface area contributed by atoms with Crippen LogP contribution < -0.4 is 5.73 Å². The number of carboxylic acid groups (broad SMARTS) is 1. The molecule has 3 N–H and O–H groups in total. The zero-order valence-corrected chi connectivity index (χ0v) is 10.6. The Morgan fingerprint density at radius 3 is 2.00 bits per heavy atom. The second kappa shape index (κ2) is 5.85. The van der Waals surface area contributed by atoms with E-state index in [2.05, 4.69) is 0 Å². The van der Waals surface area contributed by atoms with E-state index in [1.165, 1.54) is 32.1 Å². The van der Waals surface area contributed by atoms with Gasteiger partial charge in [-0.3, -0.25) is 4.79 Å². The molecule has 1 atom stereocenters. The average Bonchev–Trinajstić information content (AvgIpc) is 2.39. The predicted octanol–water partition coefficient (Wildman–Crippen LogP) is 2.79. The molecule has 0 aliphatic heterocycles. The van der Waals surface area contributed by atoms with Crippen molar-refractivity contribution in [2.24, 2.45) is 23.5 Å². The first-order valence-corrected chi connectivity index (χ1v) is 7.17. The quantitative estimate of drug-likeness (QED) is 0.796. The molecule has 2 aliphatic rings. The van der Waals surface area contributed by atoms with E-state index in [1.807, 2.05) is 0 Å². The van der Waals surface area contributed by atoms with E-state index in [4.69, 9.17) is 10.8 Å². The van der Waals surface area contributed by atoms with Gasteiger partial charge in [0.05, 0.1) is 5.92 Å². The molecule has 2 saturated carbocycles. The first-order chi connectivity index (χ1) is 8.18. The van der Waals surface area contributed by atoms with Gasteiger partial charge in [-0.2, -0.15) is 0 Å². The van der Waals surface area contributed by atoms with Gasteiger partial charge in [0.25, 0.3) is 0 Å². The Labute approximate surface area is 104 Å². The lowest BCUT2D eigenvalue weighted by molar-refractivity contribution is -0.143. The van der Waals surface area contributed by atoms with Gasteiger partial charge in [-0.25, -0.2) is 0 Å². The number of nitrogens with two attached hydrogens (primary N) is 1. The van der Waals surface area contributed by atoms with Crippen LogP contribution in [-0.2, 0) is 4.79 Å². The smallest absolute Gasteiger partial charge is 0.306 e. The second-order valence-electron chi connectivity index (χ2n) is 5.93. The molecule has 0 heterocycles. The van der Waals surface area contributed by atoms with Crippen molar-refractivity contribution in [2.45, 2.75) is 63.8 Å². The molecule has 2 rings (SSSR count). The van der Waals surface area contributed by atoms with Crippen molar-refractivity contribution in [3.63, 3.8) is 0 Å². The fourth-order valence-corrected chi connectivity index (χ4v) is 3.66. The van der Waals surface area contributed by atoms with Crippen LogP contribution in [0.3, 0.4) is 0 Å². The van der Waals surface area contributed by atoms with Gasteiger partial charge in [0.2, 0.25) is 0 Å². The van der Waals surface area contributed by atoms with Crippen LogP contribution in [-0.4, -0.2) is 17.1 Å². The van der Waals surface area contributed by atoms with Crippen molar-refractivity contribution in [2.75, 3.05) is 0 Å². The van der Waals surface area contributed by atoms with Crippen LogP contribution in [0.15, 0.2) is 0 Å². The highest BCUT2D eigenvalue weighted by atomic mass is 16.4. The van der Waals surface area contributed by atoms with Crippen LogP contribution in [0.1, 0.15) is 57.8 Å². The molecule has 0 bridgehead atoms. The zero-order chi connectivity index (χ0) is 12.3. The molecule has 0 aromatic heterocycles. The molecular formula is C14H25NO2. The number of hydrogen-bond acceptors (Lipinski definition) is 2. The summed E-state index contributed by atoms with van der Waals surface area (Å²) in [6.07, 6.45) is 10.3. The summed E-state index contributed by atoms with van der Waals surface area (Å²) in [4.78, 5) is 10.9. The van der Waals surface area contributed by atoms with E-state index in [-0.39, 0.29) is 5.92 Å². The summed E-state index contributed by atoms with van der Waals surface area (Å²) in [5.74, 6) is 0.559. The van der Waals surface area contributed by atoms with Crippen LogP contribution in [0.25, 0.3) is 0 Å². The SMILES string of the molecule is NC(C1CCCCC1)C1CCC(C(=O)O)CC1. The summed E-state index contributed by atoms with van der Waals surface area (Å²) in [5.41, 5.74) is 6.40. The van der Waals surface area contributed by atoms with E-state index in [0.29, 0.717) is 17.9 Å². The highest BCUT2D eigenvalue weighted by Crippen LogP contribution is 2.36. The molecule has 17 heavy (non-hydrogen) atoms. The molecule has 98 valence electrons. The molecule has 0 amide bonds. The maximum absolute atomic E-state index is 10.9. The Kier molecular flexibility index (Phi) is 4.43. The molecular weight excluding hydrogens is 214 g/mol. The third-order valence-electron chi connectivity index (χ3n) is 4.86. The lowest BCUT2D eigenvalue weighted by Crippen LogP contribution is -2.40. The lowest BCUT2D eigenvalue weighted by atomic mass is 9.72. The van der Waals surface area contributed by atoms with Crippen molar-refractivity contribution in [3.05, 3.63) is 0 Å². The minimum Gasteiger partial charge on any atom is -0.481 e. The average molecular weight is 239 g/mol. The number of carbonyl (C=O) groups is 1. The van der Waals surface area contributed by atoms with Crippen LogP contribution in [0.5, 0.6) is 0 Å². The van der Waals surface area contributed by atoms with Crippen LogP contribution in [0.4, 0.5) is 0 Å². The summed E-state index contributed by atoms with van der Waals surface area (Å²) >= 11 is 0. The first kappa shape index (κ1) is 12.9. The summed E-state index contributed by atoms with van der Waals surface area (Å²) in [5, 5.41) is 8.98. The van der Waals surface area contributed by atoms with Crippen LogP contribution >= 0.6 is 0 Å². The summed E-state index contributed by atoms with van der Waals surface area (Å²) in [6.45, 7) is 0. The minimum atomic E-state index is -0.616. The van der Waals surface area contributed by atoms with E-state index in [0.717, 1.165) is 25.7 Å². The van der Waals surface area contributed by atoms with Gasteiger partial charge in [-0.05, 0) is 50.4 Å². The summed E-state index contributed by atoms with van der Waals surface area (Å²) < 4.78 is 0. The van der Waals surface area contributed by atoms with E-state index >= 15 is 0 Å². The Balaban J connectivity index is 1.81. The monoisotopic (exact) mass is 239 g/mol. The van der Waals surface area contributed by atoms with Crippen molar-refractivity contribution in [3.8, 4) is 0 Å². The van der Waals surface area contributed by atoms with Gasteiger partial charge in [0.1, 0.15) is 0 Å². The maximum atomic E-state index is 10.9. The molecule has 2 aliphatic carbocycles. The summed E-state index contributed by atoms with van der Waals surface area (Å²) in [7, 11) is 0. The van der Waals surface area contributed by atoms with Crippen LogP contribution in [0, 0.1) is 17.8 Å². The van der Waals surface area contributed by atoms with Crippen molar-refractivity contribution < 1.29 is 9.90 Å². The topological polar surface area (TPSA) is 63.3 Å². The standard InChI is InChI=1S/C14H25NO2/c15-13(10-4-2-1-3-5-10)11-6-8-12(9-7-11)14(16)17/h10-13H,1-9,15H2,(H,16,17). The lowest BCUT2D eigenvalue weighted by Gasteiger charge is -2.36. The predicted molar refractivity (Wildman–Crippen MR) is 67.6 cm³/mol. The third-order valence-corrected chi connectivity index (χ3v) is 4.86.